The zero-order valence-corrected chi connectivity index (χ0v) is 11.5. The fraction of sp³-hybridized carbons (Fsp3) is 1.00. The van der Waals surface area contributed by atoms with Gasteiger partial charge in [-0.15, -0.1) is 0 Å². The molecular weight excluding hydrogens is 212 g/mol. The molecule has 1 aliphatic heterocycles. The fourth-order valence-corrected chi connectivity index (χ4v) is 3.32. The van der Waals surface area contributed by atoms with E-state index in [9.17, 15) is 5.11 Å². The van der Waals surface area contributed by atoms with Crippen molar-refractivity contribution in [1.82, 2.24) is 10.2 Å². The average Bonchev–Trinajstić information content (AvgIpc) is 2.29. The van der Waals surface area contributed by atoms with E-state index in [0.29, 0.717) is 18.1 Å². The summed E-state index contributed by atoms with van der Waals surface area (Å²) in [6.45, 7) is 5.89. The van der Waals surface area contributed by atoms with Crippen molar-refractivity contribution in [2.24, 2.45) is 5.92 Å². The van der Waals surface area contributed by atoms with E-state index < -0.39 is 0 Å². The van der Waals surface area contributed by atoms with E-state index >= 15 is 0 Å². The molecule has 1 heterocycles. The Morgan fingerprint density at radius 1 is 1.12 bits per heavy atom. The molecule has 3 unspecified atom stereocenters. The van der Waals surface area contributed by atoms with Gasteiger partial charge in [0.25, 0.3) is 0 Å². The van der Waals surface area contributed by atoms with Crippen molar-refractivity contribution in [2.75, 3.05) is 13.6 Å². The monoisotopic (exact) mass is 240 g/mol. The predicted octanol–water partition coefficient (Wildman–Crippen LogP) is 1.61. The van der Waals surface area contributed by atoms with Crippen LogP contribution in [0.25, 0.3) is 0 Å². The van der Waals surface area contributed by atoms with Gasteiger partial charge < -0.3 is 15.3 Å². The molecule has 1 saturated heterocycles. The van der Waals surface area contributed by atoms with Crippen molar-refractivity contribution in [3.63, 3.8) is 0 Å². The zero-order chi connectivity index (χ0) is 12.4. The van der Waals surface area contributed by atoms with Crippen molar-refractivity contribution in [3.05, 3.63) is 0 Å². The second kappa shape index (κ2) is 5.68. The van der Waals surface area contributed by atoms with Crippen LogP contribution in [0.1, 0.15) is 46.0 Å². The Kier molecular flexibility index (Phi) is 4.45. The molecule has 3 atom stereocenters. The molecule has 3 nitrogen and oxygen atoms in total. The van der Waals surface area contributed by atoms with Gasteiger partial charge in [0.1, 0.15) is 0 Å². The highest BCUT2D eigenvalue weighted by molar-refractivity contribution is 4.89. The first-order chi connectivity index (χ1) is 8.06. The molecule has 1 aliphatic carbocycles. The highest BCUT2D eigenvalue weighted by Gasteiger charge is 2.31. The maximum atomic E-state index is 9.53. The molecule has 0 spiro atoms. The molecule has 0 radical (unpaired) electrons. The van der Waals surface area contributed by atoms with E-state index in [0.717, 1.165) is 31.6 Å². The maximum absolute atomic E-state index is 9.53. The van der Waals surface area contributed by atoms with Crippen molar-refractivity contribution in [2.45, 2.75) is 70.2 Å². The lowest BCUT2D eigenvalue weighted by atomic mass is 9.86. The van der Waals surface area contributed by atoms with Crippen molar-refractivity contribution in [3.8, 4) is 0 Å². The molecule has 17 heavy (non-hydrogen) atoms. The van der Waals surface area contributed by atoms with Gasteiger partial charge in [-0.3, -0.25) is 0 Å². The highest BCUT2D eigenvalue weighted by Crippen LogP contribution is 2.24. The van der Waals surface area contributed by atoms with Crippen LogP contribution in [0.4, 0.5) is 0 Å². The Hall–Kier alpha value is -0.120. The number of hydrogen-bond acceptors (Lipinski definition) is 3. The van der Waals surface area contributed by atoms with Gasteiger partial charge in [0.05, 0.1) is 6.10 Å². The third-order valence-electron chi connectivity index (χ3n) is 4.76. The van der Waals surface area contributed by atoms with Gasteiger partial charge in [0.15, 0.2) is 0 Å². The third-order valence-corrected chi connectivity index (χ3v) is 4.76. The number of rotatable bonds is 2. The zero-order valence-electron chi connectivity index (χ0n) is 11.5. The summed E-state index contributed by atoms with van der Waals surface area (Å²) in [6, 6.07) is 2.00. The normalized spacial score (nSPS) is 44.8. The van der Waals surface area contributed by atoms with Crippen LogP contribution >= 0.6 is 0 Å². The van der Waals surface area contributed by atoms with E-state index in [1.54, 1.807) is 0 Å². The molecule has 1 saturated carbocycles. The van der Waals surface area contributed by atoms with Gasteiger partial charge in [-0.2, -0.15) is 0 Å². The Labute approximate surface area is 106 Å². The van der Waals surface area contributed by atoms with E-state index in [-0.39, 0.29) is 6.10 Å². The minimum absolute atomic E-state index is 0.0399. The highest BCUT2D eigenvalue weighted by atomic mass is 16.3. The van der Waals surface area contributed by atoms with Crippen LogP contribution in [0.3, 0.4) is 0 Å². The number of piperidine rings is 1. The molecule has 0 aromatic rings. The standard InChI is InChI=1S/C14H28N2O/c1-10-9-16(3)11(2)8-14(10)15-12-4-6-13(17)7-5-12/h10-15,17H,4-9H2,1-3H3. The summed E-state index contributed by atoms with van der Waals surface area (Å²) in [7, 11) is 2.23. The topological polar surface area (TPSA) is 35.5 Å². The van der Waals surface area contributed by atoms with E-state index in [2.05, 4.69) is 31.1 Å². The molecule has 2 rings (SSSR count). The van der Waals surface area contributed by atoms with Gasteiger partial charge in [0.2, 0.25) is 0 Å². The number of nitrogens with zero attached hydrogens (tertiary/aromatic N) is 1. The van der Waals surface area contributed by atoms with Crippen LogP contribution in [0, 0.1) is 5.92 Å². The lowest BCUT2D eigenvalue weighted by Gasteiger charge is -2.42. The molecule has 0 aromatic heterocycles. The number of hydrogen-bond donors (Lipinski definition) is 2. The lowest BCUT2D eigenvalue weighted by molar-refractivity contribution is 0.0883. The predicted molar refractivity (Wildman–Crippen MR) is 71.1 cm³/mol. The van der Waals surface area contributed by atoms with Crippen LogP contribution < -0.4 is 5.32 Å². The molecule has 3 heteroatoms. The summed E-state index contributed by atoms with van der Waals surface area (Å²) < 4.78 is 0. The number of aliphatic hydroxyl groups is 1. The van der Waals surface area contributed by atoms with Gasteiger partial charge in [-0.25, -0.2) is 0 Å². The molecular formula is C14H28N2O. The minimum Gasteiger partial charge on any atom is -0.393 e. The van der Waals surface area contributed by atoms with Crippen molar-refractivity contribution < 1.29 is 5.11 Å². The second-order valence-corrected chi connectivity index (χ2v) is 6.28. The smallest absolute Gasteiger partial charge is 0.0541 e. The number of aliphatic hydroxyl groups excluding tert-OH is 1. The lowest BCUT2D eigenvalue weighted by Crippen LogP contribution is -2.53. The summed E-state index contributed by atoms with van der Waals surface area (Å²) in [5.74, 6) is 0.739. The maximum Gasteiger partial charge on any atom is 0.0541 e. The molecule has 0 aromatic carbocycles. The third kappa shape index (κ3) is 3.43. The van der Waals surface area contributed by atoms with Crippen LogP contribution in [-0.2, 0) is 0 Å². The van der Waals surface area contributed by atoms with Gasteiger partial charge >= 0.3 is 0 Å². The van der Waals surface area contributed by atoms with E-state index in [1.807, 2.05) is 0 Å². The van der Waals surface area contributed by atoms with Gasteiger partial charge in [0, 0.05) is 24.7 Å². The van der Waals surface area contributed by atoms with Crippen LogP contribution in [0.5, 0.6) is 0 Å². The molecule has 2 aliphatic rings. The summed E-state index contributed by atoms with van der Waals surface area (Å²) in [4.78, 5) is 2.47. The van der Waals surface area contributed by atoms with Crippen LogP contribution in [0.2, 0.25) is 0 Å². The van der Waals surface area contributed by atoms with Crippen molar-refractivity contribution in [1.29, 1.82) is 0 Å². The number of nitrogens with one attached hydrogen (secondary N) is 1. The Morgan fingerprint density at radius 2 is 1.76 bits per heavy atom. The average molecular weight is 240 g/mol. The Bertz CT molecular complexity index is 238. The second-order valence-electron chi connectivity index (χ2n) is 6.28. The number of likely N-dealkylation sites (tertiary alicyclic amines) is 1. The molecule has 0 amide bonds. The molecule has 0 bridgehead atoms. The molecule has 100 valence electrons. The van der Waals surface area contributed by atoms with E-state index in [1.165, 1.54) is 13.0 Å². The summed E-state index contributed by atoms with van der Waals surface area (Å²) >= 11 is 0. The summed E-state index contributed by atoms with van der Waals surface area (Å²) in [5.41, 5.74) is 0. The summed E-state index contributed by atoms with van der Waals surface area (Å²) in [5, 5.41) is 13.4. The minimum atomic E-state index is -0.0399. The SMILES string of the molecule is CC1CN(C)C(C)CC1NC1CCC(O)CC1. The molecule has 2 fully saturated rings. The first-order valence-electron chi connectivity index (χ1n) is 7.20. The Balaban J connectivity index is 1.82. The fourth-order valence-electron chi connectivity index (χ4n) is 3.32. The molecule has 2 N–H and O–H groups in total. The first-order valence-corrected chi connectivity index (χ1v) is 7.20. The van der Waals surface area contributed by atoms with Crippen molar-refractivity contribution >= 4 is 0 Å². The Morgan fingerprint density at radius 3 is 2.41 bits per heavy atom. The summed E-state index contributed by atoms with van der Waals surface area (Å²) in [6.07, 6.45) is 5.48. The largest absolute Gasteiger partial charge is 0.393 e. The first kappa shape index (κ1) is 13.3. The van der Waals surface area contributed by atoms with Crippen LogP contribution in [-0.4, -0.2) is 47.8 Å². The van der Waals surface area contributed by atoms with E-state index in [4.69, 9.17) is 0 Å². The quantitative estimate of drug-likeness (QED) is 0.770. The van der Waals surface area contributed by atoms with Gasteiger partial charge in [-0.05, 0) is 52.0 Å². The van der Waals surface area contributed by atoms with Crippen LogP contribution in [0.15, 0.2) is 0 Å². The van der Waals surface area contributed by atoms with Gasteiger partial charge in [-0.1, -0.05) is 6.92 Å².